The number of nitrogens with one attached hydrogen (secondary N) is 1. The van der Waals surface area contributed by atoms with Crippen molar-refractivity contribution < 1.29 is 19.5 Å². The standard InChI is InChI=1S/C25H45N3O4/c1-10-27(20(16(2)3)15-18(6)24(31)32)23(30)21(25(7,8)9)26-22(29)19-13-11-12-14-28(19)17(4)5/h15-17,19-21H,10-14H2,1-9H3,(H,26,29)(H,31,32)/b18-15+/t19-,20-,21-/m1/s1. The van der Waals surface area contributed by atoms with Crippen LogP contribution in [0.4, 0.5) is 0 Å². The Kier molecular flexibility index (Phi) is 10.4. The molecular formula is C25H45N3O4. The summed E-state index contributed by atoms with van der Waals surface area (Å²) in [5.41, 5.74) is -0.286. The number of hydrogen-bond donors (Lipinski definition) is 2. The number of likely N-dealkylation sites (N-methyl/N-ethyl adjacent to an activating group) is 1. The minimum atomic E-state index is -0.995. The SMILES string of the molecule is CCN(C(=O)[C@@H](NC(=O)[C@H]1CCCCN1C(C)C)C(C)(C)C)[C@H](/C=C(\C)C(=O)O)C(C)C. The molecule has 1 heterocycles. The molecule has 7 nitrogen and oxygen atoms in total. The van der Waals surface area contributed by atoms with Crippen LogP contribution >= 0.6 is 0 Å². The monoisotopic (exact) mass is 451 g/mol. The number of carbonyl (C=O) groups is 3. The first-order valence-electron chi connectivity index (χ1n) is 12.0. The molecule has 0 aromatic carbocycles. The molecule has 7 heteroatoms. The van der Waals surface area contributed by atoms with Crippen molar-refractivity contribution in [1.29, 1.82) is 0 Å². The van der Waals surface area contributed by atoms with Gasteiger partial charge in [0.25, 0.3) is 0 Å². The highest BCUT2D eigenvalue weighted by Gasteiger charge is 2.40. The number of aliphatic carboxylic acids is 1. The smallest absolute Gasteiger partial charge is 0.331 e. The van der Waals surface area contributed by atoms with Crippen LogP contribution in [0.2, 0.25) is 0 Å². The lowest BCUT2D eigenvalue weighted by molar-refractivity contribution is -0.143. The van der Waals surface area contributed by atoms with Crippen molar-refractivity contribution in [1.82, 2.24) is 15.1 Å². The molecule has 1 aliphatic rings. The maximum atomic E-state index is 13.8. The summed E-state index contributed by atoms with van der Waals surface area (Å²) < 4.78 is 0. The molecule has 0 spiro atoms. The molecule has 0 radical (unpaired) electrons. The molecule has 0 unspecified atom stereocenters. The summed E-state index contributed by atoms with van der Waals surface area (Å²) in [6, 6.07) is -1.04. The van der Waals surface area contributed by atoms with E-state index >= 15 is 0 Å². The van der Waals surface area contributed by atoms with Gasteiger partial charge in [0.1, 0.15) is 6.04 Å². The fourth-order valence-corrected chi connectivity index (χ4v) is 4.39. The second-order valence-corrected chi connectivity index (χ2v) is 10.7. The van der Waals surface area contributed by atoms with Crippen LogP contribution < -0.4 is 5.32 Å². The fourth-order valence-electron chi connectivity index (χ4n) is 4.39. The maximum Gasteiger partial charge on any atom is 0.331 e. The van der Waals surface area contributed by atoms with Gasteiger partial charge in [0, 0.05) is 18.2 Å². The van der Waals surface area contributed by atoms with E-state index in [0.717, 1.165) is 25.8 Å². The number of rotatable bonds is 9. The van der Waals surface area contributed by atoms with Gasteiger partial charge in [0.05, 0.1) is 12.1 Å². The highest BCUT2D eigenvalue weighted by molar-refractivity contribution is 5.91. The largest absolute Gasteiger partial charge is 0.478 e. The zero-order valence-corrected chi connectivity index (χ0v) is 21.6. The van der Waals surface area contributed by atoms with Crippen LogP contribution in [-0.4, -0.2) is 69.9 Å². The van der Waals surface area contributed by atoms with Gasteiger partial charge in [-0.3, -0.25) is 14.5 Å². The lowest BCUT2D eigenvalue weighted by atomic mass is 9.84. The summed E-state index contributed by atoms with van der Waals surface area (Å²) in [4.78, 5) is 42.4. The van der Waals surface area contributed by atoms with Crippen LogP contribution in [-0.2, 0) is 14.4 Å². The molecule has 2 amide bonds. The van der Waals surface area contributed by atoms with Gasteiger partial charge in [-0.2, -0.15) is 0 Å². The maximum absolute atomic E-state index is 13.8. The van der Waals surface area contributed by atoms with E-state index in [2.05, 4.69) is 24.1 Å². The Bertz CT molecular complexity index is 694. The van der Waals surface area contributed by atoms with E-state index < -0.39 is 17.4 Å². The van der Waals surface area contributed by atoms with E-state index in [1.807, 2.05) is 41.5 Å². The molecule has 1 saturated heterocycles. The third kappa shape index (κ3) is 7.32. The summed E-state index contributed by atoms with van der Waals surface area (Å²) in [5, 5.41) is 12.4. The first-order chi connectivity index (χ1) is 14.7. The highest BCUT2D eigenvalue weighted by Crippen LogP contribution is 2.26. The van der Waals surface area contributed by atoms with E-state index in [9.17, 15) is 19.5 Å². The van der Waals surface area contributed by atoms with E-state index in [-0.39, 0.29) is 41.4 Å². The number of carbonyl (C=O) groups excluding carboxylic acids is 2. The molecule has 1 aliphatic heterocycles. The predicted octanol–water partition coefficient (Wildman–Crippen LogP) is 3.68. The van der Waals surface area contributed by atoms with E-state index in [0.29, 0.717) is 6.54 Å². The Balaban J connectivity index is 3.24. The number of hydrogen-bond acceptors (Lipinski definition) is 4. The minimum absolute atomic E-state index is 0.0271. The van der Waals surface area contributed by atoms with Crippen molar-refractivity contribution in [3.8, 4) is 0 Å². The fraction of sp³-hybridized carbons (Fsp3) is 0.800. The lowest BCUT2D eigenvalue weighted by Crippen LogP contribution is -2.61. The van der Waals surface area contributed by atoms with E-state index in [4.69, 9.17) is 0 Å². The molecule has 0 aliphatic carbocycles. The summed E-state index contributed by atoms with van der Waals surface area (Å²) in [6.07, 6.45) is 4.53. The van der Waals surface area contributed by atoms with E-state index in [1.54, 1.807) is 17.9 Å². The molecule has 0 bridgehead atoms. The van der Waals surface area contributed by atoms with Gasteiger partial charge in [-0.15, -0.1) is 0 Å². The topological polar surface area (TPSA) is 90.0 Å². The third-order valence-electron chi connectivity index (χ3n) is 6.33. The number of likely N-dealkylation sites (tertiary alicyclic amines) is 1. The summed E-state index contributed by atoms with van der Waals surface area (Å²) >= 11 is 0. The lowest BCUT2D eigenvalue weighted by Gasteiger charge is -2.41. The quantitative estimate of drug-likeness (QED) is 0.522. The Morgan fingerprint density at radius 1 is 1.16 bits per heavy atom. The van der Waals surface area contributed by atoms with E-state index in [1.165, 1.54) is 0 Å². The number of carboxylic acids is 1. The van der Waals surface area contributed by atoms with Gasteiger partial charge in [-0.1, -0.05) is 47.1 Å². The second-order valence-electron chi connectivity index (χ2n) is 10.7. The summed E-state index contributed by atoms with van der Waals surface area (Å²) in [6.45, 7) is 18.7. The van der Waals surface area contributed by atoms with Crippen LogP contribution in [0, 0.1) is 11.3 Å². The van der Waals surface area contributed by atoms with Gasteiger partial charge >= 0.3 is 5.97 Å². The van der Waals surface area contributed by atoms with Gasteiger partial charge in [-0.25, -0.2) is 4.79 Å². The average Bonchev–Trinajstić information content (AvgIpc) is 2.69. The zero-order valence-electron chi connectivity index (χ0n) is 21.6. The summed E-state index contributed by atoms with van der Waals surface area (Å²) in [5.74, 6) is -1.24. The number of nitrogens with zero attached hydrogens (tertiary/aromatic N) is 2. The van der Waals surface area contributed by atoms with Crippen molar-refractivity contribution in [2.75, 3.05) is 13.1 Å². The minimum Gasteiger partial charge on any atom is -0.478 e. The molecule has 2 N–H and O–H groups in total. The Labute approximate surface area is 194 Å². The van der Waals surface area contributed by atoms with Gasteiger partial charge in [0.2, 0.25) is 11.8 Å². The van der Waals surface area contributed by atoms with Crippen molar-refractivity contribution >= 4 is 17.8 Å². The second kappa shape index (κ2) is 11.8. The molecule has 0 aromatic heterocycles. The Hall–Kier alpha value is -1.89. The summed E-state index contributed by atoms with van der Waals surface area (Å²) in [7, 11) is 0. The van der Waals surface area contributed by atoms with Crippen molar-refractivity contribution in [2.24, 2.45) is 11.3 Å². The van der Waals surface area contributed by atoms with Crippen molar-refractivity contribution in [3.05, 3.63) is 11.6 Å². The average molecular weight is 452 g/mol. The van der Waals surface area contributed by atoms with Crippen LogP contribution in [0.25, 0.3) is 0 Å². The molecule has 1 rings (SSSR count). The Morgan fingerprint density at radius 2 is 1.75 bits per heavy atom. The molecule has 1 fully saturated rings. The first kappa shape index (κ1) is 28.1. The van der Waals surface area contributed by atoms with Crippen molar-refractivity contribution in [3.63, 3.8) is 0 Å². The van der Waals surface area contributed by atoms with Gasteiger partial charge in [0.15, 0.2) is 0 Å². The third-order valence-corrected chi connectivity index (χ3v) is 6.33. The van der Waals surface area contributed by atoms with Crippen LogP contribution in [0.1, 0.15) is 81.6 Å². The van der Waals surface area contributed by atoms with Crippen LogP contribution in [0.5, 0.6) is 0 Å². The predicted molar refractivity (Wildman–Crippen MR) is 128 cm³/mol. The van der Waals surface area contributed by atoms with Crippen LogP contribution in [0.15, 0.2) is 11.6 Å². The molecule has 0 aromatic rings. The Morgan fingerprint density at radius 3 is 2.19 bits per heavy atom. The zero-order chi connectivity index (χ0) is 24.8. The van der Waals surface area contributed by atoms with Gasteiger partial charge < -0.3 is 15.3 Å². The molecule has 184 valence electrons. The number of piperidine rings is 1. The van der Waals surface area contributed by atoms with Crippen LogP contribution in [0.3, 0.4) is 0 Å². The number of carboxylic acid groups (broad SMARTS) is 1. The molecular weight excluding hydrogens is 406 g/mol. The highest BCUT2D eigenvalue weighted by atomic mass is 16.4. The first-order valence-corrected chi connectivity index (χ1v) is 12.0. The molecule has 32 heavy (non-hydrogen) atoms. The molecule has 0 saturated carbocycles. The normalized spacial score (nSPS) is 20.2. The van der Waals surface area contributed by atoms with Gasteiger partial charge in [-0.05, 0) is 58.4 Å². The number of amides is 2. The molecule has 3 atom stereocenters. The van der Waals surface area contributed by atoms with Crippen molar-refractivity contribution in [2.45, 2.75) is 106 Å².